The molecule has 1 fully saturated rings. The van der Waals surface area contributed by atoms with Crippen molar-refractivity contribution in [3.8, 4) is 11.5 Å². The number of ether oxygens (including phenoxy) is 2. The summed E-state index contributed by atoms with van der Waals surface area (Å²) in [5.74, 6) is 0.782. The Labute approximate surface area is 136 Å². The third-order valence-corrected chi connectivity index (χ3v) is 5.32. The average molecular weight is 342 g/mol. The molecule has 0 unspecified atom stereocenters. The molecule has 1 aromatic rings. The van der Waals surface area contributed by atoms with E-state index < -0.39 is 10.0 Å². The van der Waals surface area contributed by atoms with E-state index in [0.717, 1.165) is 0 Å². The fourth-order valence-electron chi connectivity index (χ4n) is 2.33. The molecule has 8 heteroatoms. The van der Waals surface area contributed by atoms with E-state index >= 15 is 0 Å². The molecule has 7 nitrogen and oxygen atoms in total. The lowest BCUT2D eigenvalue weighted by molar-refractivity contribution is -0.120. The number of nitrogens with one attached hydrogen (secondary N) is 1. The number of sulfonamides is 1. The fourth-order valence-corrected chi connectivity index (χ4v) is 3.79. The highest BCUT2D eigenvalue weighted by molar-refractivity contribution is 7.89. The molecule has 1 aromatic carbocycles. The number of hydrogen-bond acceptors (Lipinski definition) is 5. The lowest BCUT2D eigenvalue weighted by atomic mass is 10.3. The van der Waals surface area contributed by atoms with Gasteiger partial charge in [0.05, 0.1) is 18.1 Å². The molecule has 23 heavy (non-hydrogen) atoms. The van der Waals surface area contributed by atoms with Gasteiger partial charge >= 0.3 is 0 Å². The second-order valence-electron chi connectivity index (χ2n) is 4.98. The SMILES string of the molecule is CCOc1ccc(S(=O)(=O)N2CCNC(=O)CC2)cc1OCC. The van der Waals surface area contributed by atoms with Crippen LogP contribution < -0.4 is 14.8 Å². The number of carbonyl (C=O) groups excluding carboxylic acids is 1. The summed E-state index contributed by atoms with van der Waals surface area (Å²) in [6.45, 7) is 5.28. The fraction of sp³-hybridized carbons (Fsp3) is 0.533. The lowest BCUT2D eigenvalue weighted by Crippen LogP contribution is -2.34. The standard InChI is InChI=1S/C15H22N2O5S/c1-3-21-13-6-5-12(11-14(13)22-4-2)23(19,20)17-9-7-15(18)16-8-10-17/h5-6,11H,3-4,7-10H2,1-2H3,(H,16,18). The summed E-state index contributed by atoms with van der Waals surface area (Å²) in [7, 11) is -3.68. The Morgan fingerprint density at radius 3 is 2.52 bits per heavy atom. The van der Waals surface area contributed by atoms with Gasteiger partial charge in [0.1, 0.15) is 0 Å². The maximum absolute atomic E-state index is 12.8. The summed E-state index contributed by atoms with van der Waals surface area (Å²) < 4.78 is 37.8. The molecule has 0 aliphatic carbocycles. The highest BCUT2D eigenvalue weighted by Crippen LogP contribution is 2.31. The van der Waals surface area contributed by atoms with Crippen LogP contribution in [0.3, 0.4) is 0 Å². The Hall–Kier alpha value is -1.80. The number of carbonyl (C=O) groups is 1. The predicted molar refractivity (Wildman–Crippen MR) is 85.2 cm³/mol. The maximum Gasteiger partial charge on any atom is 0.243 e. The van der Waals surface area contributed by atoms with Crippen LogP contribution >= 0.6 is 0 Å². The van der Waals surface area contributed by atoms with Crippen molar-refractivity contribution in [3.05, 3.63) is 18.2 Å². The Morgan fingerprint density at radius 2 is 1.83 bits per heavy atom. The van der Waals surface area contributed by atoms with Gasteiger partial charge in [0.25, 0.3) is 0 Å². The van der Waals surface area contributed by atoms with Crippen LogP contribution in [0.2, 0.25) is 0 Å². The van der Waals surface area contributed by atoms with Gasteiger partial charge in [-0.05, 0) is 26.0 Å². The first-order valence-electron chi connectivity index (χ1n) is 7.65. The van der Waals surface area contributed by atoms with Crippen molar-refractivity contribution in [1.29, 1.82) is 0 Å². The van der Waals surface area contributed by atoms with E-state index in [1.807, 2.05) is 13.8 Å². The number of benzene rings is 1. The Balaban J connectivity index is 2.31. The van der Waals surface area contributed by atoms with Crippen LogP contribution in [0.25, 0.3) is 0 Å². The van der Waals surface area contributed by atoms with Gasteiger partial charge in [-0.1, -0.05) is 0 Å². The molecule has 0 saturated carbocycles. The van der Waals surface area contributed by atoms with Crippen molar-refractivity contribution in [3.63, 3.8) is 0 Å². The molecule has 1 aliphatic heterocycles. The molecule has 1 N–H and O–H groups in total. The topological polar surface area (TPSA) is 84.9 Å². The third-order valence-electron chi connectivity index (χ3n) is 3.42. The summed E-state index contributed by atoms with van der Waals surface area (Å²) >= 11 is 0. The van der Waals surface area contributed by atoms with Gasteiger partial charge in [-0.15, -0.1) is 0 Å². The molecule has 128 valence electrons. The normalized spacial score (nSPS) is 16.5. The van der Waals surface area contributed by atoms with E-state index in [2.05, 4.69) is 5.32 Å². The first kappa shape index (κ1) is 17.6. The molecule has 0 bridgehead atoms. The van der Waals surface area contributed by atoms with Crippen molar-refractivity contribution in [2.45, 2.75) is 25.2 Å². The minimum atomic E-state index is -3.68. The zero-order valence-electron chi connectivity index (χ0n) is 13.4. The average Bonchev–Trinajstić information content (AvgIpc) is 2.74. The second kappa shape index (κ2) is 7.65. The van der Waals surface area contributed by atoms with Crippen molar-refractivity contribution in [1.82, 2.24) is 9.62 Å². The highest BCUT2D eigenvalue weighted by atomic mass is 32.2. The summed E-state index contributed by atoms with van der Waals surface area (Å²) in [6, 6.07) is 4.58. The van der Waals surface area contributed by atoms with Gasteiger partial charge in [-0.2, -0.15) is 4.31 Å². The van der Waals surface area contributed by atoms with Gasteiger partial charge < -0.3 is 14.8 Å². The lowest BCUT2D eigenvalue weighted by Gasteiger charge is -2.20. The Kier molecular flexibility index (Phi) is 5.84. The van der Waals surface area contributed by atoms with E-state index in [1.54, 1.807) is 6.07 Å². The van der Waals surface area contributed by atoms with E-state index in [-0.39, 0.29) is 30.3 Å². The molecule has 0 spiro atoms. The van der Waals surface area contributed by atoms with Gasteiger partial charge in [-0.3, -0.25) is 4.79 Å². The van der Waals surface area contributed by atoms with E-state index in [0.29, 0.717) is 31.3 Å². The molecule has 1 saturated heterocycles. The Morgan fingerprint density at radius 1 is 1.13 bits per heavy atom. The number of hydrogen-bond donors (Lipinski definition) is 1. The minimum Gasteiger partial charge on any atom is -0.490 e. The molecule has 1 heterocycles. The van der Waals surface area contributed by atoms with Gasteiger partial charge in [0, 0.05) is 32.1 Å². The first-order chi connectivity index (χ1) is 11.0. The van der Waals surface area contributed by atoms with Gasteiger partial charge in [0.2, 0.25) is 15.9 Å². The van der Waals surface area contributed by atoms with E-state index in [1.165, 1.54) is 16.4 Å². The molecular formula is C15H22N2O5S. The molecule has 2 rings (SSSR count). The van der Waals surface area contributed by atoms with Crippen LogP contribution in [0.4, 0.5) is 0 Å². The zero-order valence-corrected chi connectivity index (χ0v) is 14.2. The molecule has 0 radical (unpaired) electrons. The van der Waals surface area contributed by atoms with Crippen LogP contribution in [0.5, 0.6) is 11.5 Å². The summed E-state index contributed by atoms with van der Waals surface area (Å²) in [5, 5.41) is 2.67. The van der Waals surface area contributed by atoms with E-state index in [9.17, 15) is 13.2 Å². The number of amides is 1. The third kappa shape index (κ3) is 4.14. The van der Waals surface area contributed by atoms with Crippen molar-refractivity contribution >= 4 is 15.9 Å². The number of rotatable bonds is 6. The molecule has 0 aromatic heterocycles. The summed E-state index contributed by atoms with van der Waals surface area (Å²) in [5.41, 5.74) is 0. The van der Waals surface area contributed by atoms with Crippen molar-refractivity contribution < 1.29 is 22.7 Å². The van der Waals surface area contributed by atoms with Gasteiger partial charge in [-0.25, -0.2) is 8.42 Å². The smallest absolute Gasteiger partial charge is 0.243 e. The molecular weight excluding hydrogens is 320 g/mol. The van der Waals surface area contributed by atoms with Gasteiger partial charge in [0.15, 0.2) is 11.5 Å². The highest BCUT2D eigenvalue weighted by Gasteiger charge is 2.27. The number of nitrogens with zero attached hydrogens (tertiary/aromatic N) is 1. The van der Waals surface area contributed by atoms with Crippen molar-refractivity contribution in [2.75, 3.05) is 32.8 Å². The van der Waals surface area contributed by atoms with Crippen LogP contribution in [0, 0.1) is 0 Å². The van der Waals surface area contributed by atoms with Crippen molar-refractivity contribution in [2.24, 2.45) is 0 Å². The second-order valence-corrected chi connectivity index (χ2v) is 6.92. The Bertz CT molecular complexity index is 660. The molecule has 1 aliphatic rings. The monoisotopic (exact) mass is 342 g/mol. The largest absolute Gasteiger partial charge is 0.490 e. The van der Waals surface area contributed by atoms with Crippen LogP contribution in [-0.2, 0) is 14.8 Å². The van der Waals surface area contributed by atoms with Crippen LogP contribution in [-0.4, -0.2) is 51.5 Å². The molecule has 0 atom stereocenters. The maximum atomic E-state index is 12.8. The zero-order chi connectivity index (χ0) is 16.9. The minimum absolute atomic E-state index is 0.135. The van der Waals surface area contributed by atoms with E-state index in [4.69, 9.17) is 9.47 Å². The summed E-state index contributed by atoms with van der Waals surface area (Å²) in [6.07, 6.45) is 0.161. The van der Waals surface area contributed by atoms with Crippen LogP contribution in [0.15, 0.2) is 23.1 Å². The first-order valence-corrected chi connectivity index (χ1v) is 9.09. The predicted octanol–water partition coefficient (Wildman–Crippen LogP) is 0.995. The quantitative estimate of drug-likeness (QED) is 0.833. The molecule has 1 amide bonds. The van der Waals surface area contributed by atoms with Crippen LogP contribution in [0.1, 0.15) is 20.3 Å². The summed E-state index contributed by atoms with van der Waals surface area (Å²) in [4.78, 5) is 11.5.